The van der Waals surface area contributed by atoms with E-state index in [2.05, 4.69) is 14.8 Å². The van der Waals surface area contributed by atoms with Crippen LogP contribution in [-0.2, 0) is 23.1 Å². The fourth-order valence-corrected chi connectivity index (χ4v) is 3.23. The molecular formula is C16H15FN4O2S. The molecule has 24 heavy (non-hydrogen) atoms. The van der Waals surface area contributed by atoms with Crippen molar-refractivity contribution in [3.05, 3.63) is 78.1 Å². The smallest absolute Gasteiger partial charge is 0.240 e. The summed E-state index contributed by atoms with van der Waals surface area (Å²) in [5.74, 6) is -0.477. The monoisotopic (exact) mass is 346 g/mol. The minimum atomic E-state index is -3.68. The number of hydrogen-bond acceptors (Lipinski definition) is 4. The van der Waals surface area contributed by atoms with Crippen molar-refractivity contribution < 1.29 is 12.8 Å². The van der Waals surface area contributed by atoms with E-state index in [1.807, 2.05) is 24.3 Å². The van der Waals surface area contributed by atoms with Crippen LogP contribution < -0.4 is 4.72 Å². The number of halogens is 1. The van der Waals surface area contributed by atoms with E-state index in [0.29, 0.717) is 6.54 Å². The minimum Gasteiger partial charge on any atom is -0.249 e. The summed E-state index contributed by atoms with van der Waals surface area (Å²) < 4.78 is 41.5. The molecule has 2 aromatic carbocycles. The Bertz CT molecular complexity index is 910. The lowest BCUT2D eigenvalue weighted by atomic mass is 10.1. The number of benzene rings is 2. The third kappa shape index (κ3) is 4.03. The Hall–Kier alpha value is -2.58. The predicted molar refractivity (Wildman–Crippen MR) is 86.0 cm³/mol. The van der Waals surface area contributed by atoms with Crippen LogP contribution in [0.3, 0.4) is 0 Å². The Morgan fingerprint density at radius 2 is 1.83 bits per heavy atom. The van der Waals surface area contributed by atoms with Gasteiger partial charge >= 0.3 is 0 Å². The fourth-order valence-electron chi connectivity index (χ4n) is 2.21. The highest BCUT2D eigenvalue weighted by Gasteiger charge is 2.13. The first-order valence-corrected chi connectivity index (χ1v) is 8.67. The lowest BCUT2D eigenvalue weighted by molar-refractivity contribution is 0.580. The van der Waals surface area contributed by atoms with Crippen molar-refractivity contribution in [2.45, 2.75) is 18.0 Å². The maximum Gasteiger partial charge on any atom is 0.240 e. The summed E-state index contributed by atoms with van der Waals surface area (Å²) in [6, 6.07) is 12.2. The molecule has 1 aromatic heterocycles. The second kappa shape index (κ2) is 6.90. The molecule has 0 aliphatic rings. The van der Waals surface area contributed by atoms with Gasteiger partial charge in [0.1, 0.15) is 18.5 Å². The lowest BCUT2D eigenvalue weighted by Crippen LogP contribution is -2.23. The van der Waals surface area contributed by atoms with Gasteiger partial charge in [0.25, 0.3) is 0 Å². The maximum absolute atomic E-state index is 12.9. The quantitative estimate of drug-likeness (QED) is 0.740. The maximum atomic E-state index is 12.9. The van der Waals surface area contributed by atoms with Gasteiger partial charge in [-0.3, -0.25) is 0 Å². The van der Waals surface area contributed by atoms with E-state index in [1.165, 1.54) is 18.5 Å². The van der Waals surface area contributed by atoms with Crippen LogP contribution in [0.5, 0.6) is 0 Å². The SMILES string of the molecule is O=S(=O)(NCc1cccc(Cn2cncn2)c1)c1ccc(F)cc1. The summed E-state index contributed by atoms with van der Waals surface area (Å²) in [6.07, 6.45) is 3.07. The Morgan fingerprint density at radius 1 is 1.08 bits per heavy atom. The van der Waals surface area contributed by atoms with Gasteiger partial charge in [0.2, 0.25) is 10.0 Å². The zero-order valence-electron chi connectivity index (χ0n) is 12.6. The first-order valence-electron chi connectivity index (χ1n) is 7.18. The van der Waals surface area contributed by atoms with Gasteiger partial charge in [-0.25, -0.2) is 27.2 Å². The van der Waals surface area contributed by atoms with Gasteiger partial charge in [-0.2, -0.15) is 5.10 Å². The zero-order chi connectivity index (χ0) is 17.0. The topological polar surface area (TPSA) is 76.9 Å². The van der Waals surface area contributed by atoms with Crippen LogP contribution in [0.4, 0.5) is 4.39 Å². The van der Waals surface area contributed by atoms with Crippen LogP contribution in [0, 0.1) is 5.82 Å². The normalized spacial score (nSPS) is 11.5. The van der Waals surface area contributed by atoms with Crippen LogP contribution >= 0.6 is 0 Å². The zero-order valence-corrected chi connectivity index (χ0v) is 13.4. The molecule has 3 aromatic rings. The molecule has 0 fully saturated rings. The molecule has 0 unspecified atom stereocenters. The standard InChI is InChI=1S/C16H15FN4O2S/c17-15-4-6-16(7-5-15)24(22,23)20-9-13-2-1-3-14(8-13)10-21-12-18-11-19-21/h1-8,11-12,20H,9-10H2. The van der Waals surface area contributed by atoms with E-state index >= 15 is 0 Å². The summed E-state index contributed by atoms with van der Waals surface area (Å²) in [5.41, 5.74) is 1.80. The third-order valence-electron chi connectivity index (χ3n) is 3.39. The van der Waals surface area contributed by atoms with E-state index in [4.69, 9.17) is 0 Å². The highest BCUT2D eigenvalue weighted by atomic mass is 32.2. The molecule has 1 N–H and O–H groups in total. The van der Waals surface area contributed by atoms with Crippen LogP contribution in [0.15, 0.2) is 66.1 Å². The molecule has 0 saturated heterocycles. The van der Waals surface area contributed by atoms with Crippen LogP contribution in [0.1, 0.15) is 11.1 Å². The molecule has 6 nitrogen and oxygen atoms in total. The summed E-state index contributed by atoms with van der Waals surface area (Å²) in [7, 11) is -3.68. The number of nitrogens with zero attached hydrogens (tertiary/aromatic N) is 3. The fraction of sp³-hybridized carbons (Fsp3) is 0.125. The molecule has 0 aliphatic heterocycles. The molecule has 0 saturated carbocycles. The predicted octanol–water partition coefficient (Wildman–Crippen LogP) is 1.94. The van der Waals surface area contributed by atoms with Gasteiger partial charge in [-0.05, 0) is 35.4 Å². The van der Waals surface area contributed by atoms with Crippen LogP contribution in [0.2, 0.25) is 0 Å². The van der Waals surface area contributed by atoms with Crippen molar-refractivity contribution in [2.24, 2.45) is 0 Å². The summed E-state index contributed by atoms with van der Waals surface area (Å²) in [4.78, 5) is 3.91. The van der Waals surface area contributed by atoms with E-state index in [9.17, 15) is 12.8 Å². The van der Waals surface area contributed by atoms with Gasteiger partial charge in [0.15, 0.2) is 0 Å². The summed E-state index contributed by atoms with van der Waals surface area (Å²) in [5, 5.41) is 4.04. The largest absolute Gasteiger partial charge is 0.249 e. The highest BCUT2D eigenvalue weighted by molar-refractivity contribution is 7.89. The average molecular weight is 346 g/mol. The van der Waals surface area contributed by atoms with E-state index in [0.717, 1.165) is 23.3 Å². The van der Waals surface area contributed by atoms with Crippen LogP contribution in [-0.4, -0.2) is 23.2 Å². The molecule has 0 aliphatic carbocycles. The van der Waals surface area contributed by atoms with Gasteiger partial charge in [0.05, 0.1) is 11.4 Å². The molecule has 0 atom stereocenters. The Balaban J connectivity index is 1.69. The van der Waals surface area contributed by atoms with Crippen molar-refractivity contribution in [1.29, 1.82) is 0 Å². The van der Waals surface area contributed by atoms with Gasteiger partial charge < -0.3 is 0 Å². The molecule has 1 heterocycles. The summed E-state index contributed by atoms with van der Waals surface area (Å²) in [6.45, 7) is 0.698. The first-order chi connectivity index (χ1) is 11.5. The molecule has 0 spiro atoms. The first kappa shape index (κ1) is 16.3. The summed E-state index contributed by atoms with van der Waals surface area (Å²) >= 11 is 0. The van der Waals surface area contributed by atoms with Crippen molar-refractivity contribution in [1.82, 2.24) is 19.5 Å². The molecule has 8 heteroatoms. The number of aromatic nitrogens is 3. The van der Waals surface area contributed by atoms with E-state index < -0.39 is 15.8 Å². The minimum absolute atomic E-state index is 0.0303. The Morgan fingerprint density at radius 3 is 2.54 bits per heavy atom. The van der Waals surface area contributed by atoms with Gasteiger partial charge in [0, 0.05) is 6.54 Å². The molecule has 0 amide bonds. The number of rotatable bonds is 6. The second-order valence-electron chi connectivity index (χ2n) is 5.19. The molecule has 0 bridgehead atoms. The van der Waals surface area contributed by atoms with Gasteiger partial charge in [-0.15, -0.1) is 0 Å². The van der Waals surface area contributed by atoms with Crippen molar-refractivity contribution >= 4 is 10.0 Å². The second-order valence-corrected chi connectivity index (χ2v) is 6.96. The average Bonchev–Trinajstić information content (AvgIpc) is 3.07. The van der Waals surface area contributed by atoms with Crippen molar-refractivity contribution in [3.8, 4) is 0 Å². The number of hydrogen-bond donors (Lipinski definition) is 1. The van der Waals surface area contributed by atoms with Gasteiger partial charge in [-0.1, -0.05) is 24.3 Å². The highest BCUT2D eigenvalue weighted by Crippen LogP contribution is 2.12. The number of sulfonamides is 1. The molecule has 3 rings (SSSR count). The lowest BCUT2D eigenvalue weighted by Gasteiger charge is -2.08. The Labute approximate surface area is 139 Å². The van der Waals surface area contributed by atoms with E-state index in [1.54, 1.807) is 11.0 Å². The van der Waals surface area contributed by atoms with Crippen molar-refractivity contribution in [2.75, 3.05) is 0 Å². The molecule has 0 radical (unpaired) electrons. The van der Waals surface area contributed by atoms with E-state index in [-0.39, 0.29) is 11.4 Å². The Kier molecular flexibility index (Phi) is 4.68. The van der Waals surface area contributed by atoms with Crippen molar-refractivity contribution in [3.63, 3.8) is 0 Å². The number of nitrogens with one attached hydrogen (secondary N) is 1. The third-order valence-corrected chi connectivity index (χ3v) is 4.81. The molecular weight excluding hydrogens is 331 g/mol. The van der Waals surface area contributed by atoms with Crippen LogP contribution in [0.25, 0.3) is 0 Å². The molecule has 124 valence electrons.